The summed E-state index contributed by atoms with van der Waals surface area (Å²) in [4.78, 5) is 4.26. The molecule has 0 aliphatic rings. The maximum absolute atomic E-state index is 5.94. The van der Waals surface area contributed by atoms with Gasteiger partial charge in [-0.3, -0.25) is 0 Å². The molecule has 0 amide bonds. The zero-order chi connectivity index (χ0) is 17.5. The third kappa shape index (κ3) is 4.88. The normalized spacial score (nSPS) is 10.3. The van der Waals surface area contributed by atoms with E-state index < -0.39 is 0 Å². The van der Waals surface area contributed by atoms with Crippen LogP contribution >= 0.6 is 11.6 Å². The molecule has 0 bridgehead atoms. The summed E-state index contributed by atoms with van der Waals surface area (Å²) in [5, 5.41) is 4.00. The highest BCUT2D eigenvalue weighted by Crippen LogP contribution is 2.29. The number of hydrogen-bond acceptors (Lipinski definition) is 4. The van der Waals surface area contributed by atoms with Gasteiger partial charge < -0.3 is 14.8 Å². The molecule has 128 valence electrons. The number of halogens is 1. The number of methoxy groups -OCH3 is 1. The van der Waals surface area contributed by atoms with Gasteiger partial charge in [-0.15, -0.1) is 0 Å². The average molecular weight is 355 g/mol. The Balaban J connectivity index is 1.67. The van der Waals surface area contributed by atoms with Crippen LogP contribution in [0.15, 0.2) is 66.9 Å². The van der Waals surface area contributed by atoms with E-state index in [1.807, 2.05) is 60.7 Å². The Hall–Kier alpha value is -2.72. The van der Waals surface area contributed by atoms with Crippen LogP contribution in [-0.4, -0.2) is 12.1 Å². The van der Waals surface area contributed by atoms with Gasteiger partial charge in [-0.05, 0) is 47.5 Å². The van der Waals surface area contributed by atoms with E-state index in [0.717, 1.165) is 16.9 Å². The smallest absolute Gasteiger partial charge is 0.162 e. The summed E-state index contributed by atoms with van der Waals surface area (Å²) in [7, 11) is 1.64. The van der Waals surface area contributed by atoms with Crippen molar-refractivity contribution in [2.24, 2.45) is 0 Å². The minimum atomic E-state index is 0.449. The van der Waals surface area contributed by atoms with E-state index in [-0.39, 0.29) is 0 Å². The predicted molar refractivity (Wildman–Crippen MR) is 100 cm³/mol. The van der Waals surface area contributed by atoms with Gasteiger partial charge >= 0.3 is 0 Å². The zero-order valence-electron chi connectivity index (χ0n) is 13.9. The molecule has 2 aromatic carbocycles. The van der Waals surface area contributed by atoms with Gasteiger partial charge in [0.15, 0.2) is 11.5 Å². The number of nitrogens with zero attached hydrogens (tertiary/aromatic N) is 1. The van der Waals surface area contributed by atoms with Gasteiger partial charge in [-0.25, -0.2) is 4.98 Å². The van der Waals surface area contributed by atoms with Crippen molar-refractivity contribution in [1.82, 2.24) is 4.98 Å². The van der Waals surface area contributed by atoms with Crippen LogP contribution in [0.5, 0.6) is 11.5 Å². The van der Waals surface area contributed by atoms with Crippen LogP contribution < -0.4 is 14.8 Å². The molecule has 0 unspecified atom stereocenters. The highest BCUT2D eigenvalue weighted by atomic mass is 35.5. The number of hydrogen-bond donors (Lipinski definition) is 1. The van der Waals surface area contributed by atoms with Crippen molar-refractivity contribution in [3.05, 3.63) is 83.0 Å². The molecular formula is C20H19ClN2O2. The molecule has 0 spiro atoms. The molecule has 0 fully saturated rings. The van der Waals surface area contributed by atoms with Gasteiger partial charge in [0.05, 0.1) is 7.11 Å². The topological polar surface area (TPSA) is 43.4 Å². The largest absolute Gasteiger partial charge is 0.493 e. The van der Waals surface area contributed by atoms with Gasteiger partial charge in [-0.2, -0.15) is 0 Å². The lowest BCUT2D eigenvalue weighted by molar-refractivity contribution is 0.284. The summed E-state index contributed by atoms with van der Waals surface area (Å²) in [6.07, 6.45) is 1.76. The van der Waals surface area contributed by atoms with Crippen molar-refractivity contribution < 1.29 is 9.47 Å². The van der Waals surface area contributed by atoms with Crippen molar-refractivity contribution >= 4 is 17.4 Å². The number of pyridine rings is 1. The van der Waals surface area contributed by atoms with Gasteiger partial charge in [0.1, 0.15) is 12.4 Å². The van der Waals surface area contributed by atoms with Crippen LogP contribution in [0.25, 0.3) is 0 Å². The van der Waals surface area contributed by atoms with Crippen molar-refractivity contribution in [3.8, 4) is 11.5 Å². The number of nitrogens with one attached hydrogen (secondary N) is 1. The Kier molecular flexibility index (Phi) is 5.75. The molecule has 1 N–H and O–H groups in total. The second-order valence-corrected chi connectivity index (χ2v) is 5.91. The van der Waals surface area contributed by atoms with Crippen LogP contribution in [-0.2, 0) is 13.2 Å². The molecular weight excluding hydrogens is 336 g/mol. The number of ether oxygens (including phenoxy) is 2. The van der Waals surface area contributed by atoms with Gasteiger partial charge in [-0.1, -0.05) is 35.9 Å². The maximum atomic E-state index is 5.94. The van der Waals surface area contributed by atoms with Gasteiger partial charge in [0, 0.05) is 17.8 Å². The monoisotopic (exact) mass is 354 g/mol. The average Bonchev–Trinajstić information content (AvgIpc) is 2.67. The van der Waals surface area contributed by atoms with Crippen LogP contribution in [0.3, 0.4) is 0 Å². The number of rotatable bonds is 7. The quantitative estimate of drug-likeness (QED) is 0.653. The first kappa shape index (κ1) is 17.1. The molecule has 0 atom stereocenters. The lowest BCUT2D eigenvalue weighted by Gasteiger charge is -2.13. The van der Waals surface area contributed by atoms with Crippen LogP contribution in [0.1, 0.15) is 11.1 Å². The summed E-state index contributed by atoms with van der Waals surface area (Å²) in [6.45, 7) is 1.10. The maximum Gasteiger partial charge on any atom is 0.162 e. The summed E-state index contributed by atoms with van der Waals surface area (Å²) >= 11 is 5.91. The number of anilines is 1. The van der Waals surface area contributed by atoms with Crippen LogP contribution in [0.4, 0.5) is 5.82 Å². The van der Waals surface area contributed by atoms with Gasteiger partial charge in [0.25, 0.3) is 0 Å². The summed E-state index contributed by atoms with van der Waals surface area (Å²) in [5.74, 6) is 2.25. The lowest BCUT2D eigenvalue weighted by Crippen LogP contribution is -2.03. The van der Waals surface area contributed by atoms with Crippen molar-refractivity contribution in [2.75, 3.05) is 12.4 Å². The van der Waals surface area contributed by atoms with Gasteiger partial charge in [0.2, 0.25) is 0 Å². The predicted octanol–water partition coefficient (Wildman–Crippen LogP) is 4.93. The first-order chi connectivity index (χ1) is 12.2. The summed E-state index contributed by atoms with van der Waals surface area (Å²) in [6, 6.07) is 19.3. The van der Waals surface area contributed by atoms with E-state index >= 15 is 0 Å². The fourth-order valence-corrected chi connectivity index (χ4v) is 2.47. The highest BCUT2D eigenvalue weighted by Gasteiger charge is 2.07. The molecule has 1 heterocycles. The fourth-order valence-electron chi connectivity index (χ4n) is 2.35. The molecule has 3 rings (SSSR count). The third-order valence-electron chi connectivity index (χ3n) is 3.67. The SMILES string of the molecule is COc1ccc(CNc2ccccn2)cc1OCc1ccc(Cl)cc1. The van der Waals surface area contributed by atoms with E-state index in [0.29, 0.717) is 29.7 Å². The molecule has 4 nitrogen and oxygen atoms in total. The molecule has 0 aliphatic carbocycles. The number of benzene rings is 2. The van der Waals surface area contributed by atoms with Crippen molar-refractivity contribution in [1.29, 1.82) is 0 Å². The molecule has 3 aromatic rings. The Bertz CT molecular complexity index is 808. The van der Waals surface area contributed by atoms with Crippen molar-refractivity contribution in [3.63, 3.8) is 0 Å². The molecule has 25 heavy (non-hydrogen) atoms. The Labute approximate surface area is 152 Å². The van der Waals surface area contributed by atoms with E-state index in [9.17, 15) is 0 Å². The summed E-state index contributed by atoms with van der Waals surface area (Å²) in [5.41, 5.74) is 2.13. The number of aromatic nitrogens is 1. The fraction of sp³-hybridized carbons (Fsp3) is 0.150. The van der Waals surface area contributed by atoms with E-state index in [2.05, 4.69) is 10.3 Å². The molecule has 0 radical (unpaired) electrons. The Morgan fingerprint density at radius 1 is 0.960 bits per heavy atom. The van der Waals surface area contributed by atoms with E-state index in [4.69, 9.17) is 21.1 Å². The Morgan fingerprint density at radius 3 is 2.48 bits per heavy atom. The van der Waals surface area contributed by atoms with E-state index in [1.54, 1.807) is 13.3 Å². The van der Waals surface area contributed by atoms with E-state index in [1.165, 1.54) is 0 Å². The standard InChI is InChI=1S/C20H19ClN2O2/c1-24-18-10-7-16(13-23-20-4-2-3-11-22-20)12-19(18)25-14-15-5-8-17(21)9-6-15/h2-12H,13-14H2,1H3,(H,22,23). The first-order valence-electron chi connectivity index (χ1n) is 7.93. The molecule has 1 aromatic heterocycles. The third-order valence-corrected chi connectivity index (χ3v) is 3.93. The molecule has 0 saturated heterocycles. The van der Waals surface area contributed by atoms with Crippen LogP contribution in [0.2, 0.25) is 5.02 Å². The highest BCUT2D eigenvalue weighted by molar-refractivity contribution is 6.30. The molecule has 0 saturated carbocycles. The van der Waals surface area contributed by atoms with Crippen molar-refractivity contribution in [2.45, 2.75) is 13.2 Å². The lowest BCUT2D eigenvalue weighted by atomic mass is 10.2. The minimum Gasteiger partial charge on any atom is -0.493 e. The second kappa shape index (κ2) is 8.40. The van der Waals surface area contributed by atoms with Crippen LogP contribution in [0, 0.1) is 0 Å². The Morgan fingerprint density at radius 2 is 1.76 bits per heavy atom. The minimum absolute atomic E-state index is 0.449. The zero-order valence-corrected chi connectivity index (χ0v) is 14.7. The summed E-state index contributed by atoms with van der Waals surface area (Å²) < 4.78 is 11.3. The first-order valence-corrected chi connectivity index (χ1v) is 8.31. The molecule has 0 aliphatic heterocycles. The molecule has 5 heteroatoms. The second-order valence-electron chi connectivity index (χ2n) is 5.47.